The highest BCUT2D eigenvalue weighted by atomic mass is 32.2. The molecule has 0 spiro atoms. The van der Waals surface area contributed by atoms with Crippen molar-refractivity contribution in [2.45, 2.75) is 36.0 Å². The molecule has 0 radical (unpaired) electrons. The minimum Gasteiger partial charge on any atom is -0.290 e. The zero-order valence-corrected chi connectivity index (χ0v) is 12.9. The lowest BCUT2D eigenvalue weighted by Crippen LogP contribution is -2.05. The summed E-state index contributed by atoms with van der Waals surface area (Å²) in [5, 5.41) is 0. The van der Waals surface area contributed by atoms with Crippen LogP contribution in [0, 0.1) is 0 Å². The van der Waals surface area contributed by atoms with E-state index in [0.717, 1.165) is 15.4 Å². The molecular weight excluding hydrogens is 280 g/mol. The van der Waals surface area contributed by atoms with E-state index in [0.29, 0.717) is 11.5 Å². The summed E-state index contributed by atoms with van der Waals surface area (Å²) in [5.41, 5.74) is 2.75. The average Bonchev–Trinajstić information content (AvgIpc) is 2.74. The lowest BCUT2D eigenvalue weighted by atomic mass is 10.0. The molecular formula is C18H16O2S. The molecule has 2 aromatic rings. The minimum atomic E-state index is -0.345. The molecule has 2 nitrogen and oxygen atoms in total. The van der Waals surface area contributed by atoms with Gasteiger partial charge in [-0.1, -0.05) is 37.7 Å². The maximum Gasteiger partial charge on any atom is 0.229 e. The third-order valence-electron chi connectivity index (χ3n) is 3.71. The number of hydrogen-bond acceptors (Lipinski definition) is 3. The summed E-state index contributed by atoms with van der Waals surface area (Å²) in [6.07, 6.45) is 0.245. The molecule has 0 saturated carbocycles. The lowest BCUT2D eigenvalue weighted by molar-refractivity contribution is -0.114. The normalized spacial score (nSPS) is 13.9. The molecule has 0 bridgehead atoms. The van der Waals surface area contributed by atoms with E-state index < -0.39 is 0 Å². The number of carbonyl (C=O) groups is 2. The molecule has 0 fully saturated rings. The molecule has 0 saturated heterocycles. The summed E-state index contributed by atoms with van der Waals surface area (Å²) in [6.45, 7) is 4.35. The first kappa shape index (κ1) is 14.1. The van der Waals surface area contributed by atoms with Crippen molar-refractivity contribution in [2.75, 3.05) is 0 Å². The molecule has 1 aliphatic rings. The SMILES string of the molecule is CC(C)c1ccc(Sc2ccc3c(c2)CC(=O)C3=O)cc1. The molecule has 2 aromatic carbocycles. The largest absolute Gasteiger partial charge is 0.290 e. The number of Topliss-reactive ketones (excluding diaryl/α,β-unsaturated/α-hetero) is 2. The third kappa shape index (κ3) is 2.79. The molecule has 21 heavy (non-hydrogen) atoms. The van der Waals surface area contributed by atoms with Gasteiger partial charge in [-0.3, -0.25) is 9.59 Å². The smallest absolute Gasteiger partial charge is 0.229 e. The van der Waals surface area contributed by atoms with Gasteiger partial charge in [-0.15, -0.1) is 0 Å². The zero-order valence-electron chi connectivity index (χ0n) is 12.1. The Morgan fingerprint density at radius 1 is 0.952 bits per heavy atom. The van der Waals surface area contributed by atoms with Gasteiger partial charge in [0.15, 0.2) is 0 Å². The molecule has 3 heteroatoms. The first-order valence-electron chi connectivity index (χ1n) is 7.03. The standard InChI is InChI=1S/C18H16O2S/c1-11(2)12-3-5-14(6-4-12)21-15-7-8-16-13(9-15)10-17(19)18(16)20/h3-9,11H,10H2,1-2H3. The molecule has 106 valence electrons. The van der Waals surface area contributed by atoms with E-state index in [-0.39, 0.29) is 18.0 Å². The summed E-state index contributed by atoms with van der Waals surface area (Å²) in [6, 6.07) is 14.2. The molecule has 0 aromatic heterocycles. The highest BCUT2D eigenvalue weighted by Gasteiger charge is 2.27. The van der Waals surface area contributed by atoms with Gasteiger partial charge in [0.05, 0.1) is 0 Å². The van der Waals surface area contributed by atoms with Gasteiger partial charge in [-0.2, -0.15) is 0 Å². The topological polar surface area (TPSA) is 34.1 Å². The molecule has 0 atom stereocenters. The zero-order chi connectivity index (χ0) is 15.0. The van der Waals surface area contributed by atoms with E-state index in [1.54, 1.807) is 17.8 Å². The second kappa shape index (κ2) is 5.49. The third-order valence-corrected chi connectivity index (χ3v) is 4.71. The van der Waals surface area contributed by atoms with E-state index in [1.165, 1.54) is 5.56 Å². The van der Waals surface area contributed by atoms with Crippen molar-refractivity contribution >= 4 is 23.3 Å². The van der Waals surface area contributed by atoms with Crippen LogP contribution in [0.5, 0.6) is 0 Å². The van der Waals surface area contributed by atoms with Crippen molar-refractivity contribution in [3.8, 4) is 0 Å². The van der Waals surface area contributed by atoms with Crippen LogP contribution >= 0.6 is 11.8 Å². The molecule has 0 N–H and O–H groups in total. The highest BCUT2D eigenvalue weighted by Crippen LogP contribution is 2.32. The van der Waals surface area contributed by atoms with Crippen molar-refractivity contribution in [3.63, 3.8) is 0 Å². The van der Waals surface area contributed by atoms with Gasteiger partial charge in [0.2, 0.25) is 11.6 Å². The van der Waals surface area contributed by atoms with E-state index in [2.05, 4.69) is 38.1 Å². The van der Waals surface area contributed by atoms with Crippen molar-refractivity contribution in [1.29, 1.82) is 0 Å². The fourth-order valence-corrected chi connectivity index (χ4v) is 3.34. The maximum atomic E-state index is 11.6. The fourth-order valence-electron chi connectivity index (χ4n) is 2.46. The Labute approximate surface area is 128 Å². The van der Waals surface area contributed by atoms with E-state index in [4.69, 9.17) is 0 Å². The summed E-state index contributed by atoms with van der Waals surface area (Å²) in [4.78, 5) is 25.3. The van der Waals surface area contributed by atoms with Gasteiger partial charge >= 0.3 is 0 Å². The van der Waals surface area contributed by atoms with E-state index in [9.17, 15) is 9.59 Å². The average molecular weight is 296 g/mol. The maximum absolute atomic E-state index is 11.6. The summed E-state index contributed by atoms with van der Waals surface area (Å²) < 4.78 is 0. The minimum absolute atomic E-state index is 0.245. The second-order valence-corrected chi connectivity index (χ2v) is 6.72. The van der Waals surface area contributed by atoms with Gasteiger partial charge in [0, 0.05) is 21.8 Å². The van der Waals surface area contributed by atoms with Gasteiger partial charge < -0.3 is 0 Å². The van der Waals surface area contributed by atoms with Crippen LogP contribution in [-0.4, -0.2) is 11.6 Å². The molecule has 0 heterocycles. The van der Waals surface area contributed by atoms with Crippen molar-refractivity contribution in [2.24, 2.45) is 0 Å². The van der Waals surface area contributed by atoms with Crippen LogP contribution in [0.4, 0.5) is 0 Å². The van der Waals surface area contributed by atoms with Crippen LogP contribution in [0.25, 0.3) is 0 Å². The first-order chi connectivity index (χ1) is 10.0. The highest BCUT2D eigenvalue weighted by molar-refractivity contribution is 7.99. The van der Waals surface area contributed by atoms with E-state index in [1.807, 2.05) is 12.1 Å². The van der Waals surface area contributed by atoms with Crippen LogP contribution in [0.15, 0.2) is 52.3 Å². The molecule has 0 unspecified atom stereocenters. The first-order valence-corrected chi connectivity index (χ1v) is 7.84. The quantitative estimate of drug-likeness (QED) is 0.793. The van der Waals surface area contributed by atoms with Crippen LogP contribution in [0.1, 0.15) is 41.3 Å². The van der Waals surface area contributed by atoms with Crippen molar-refractivity contribution in [1.82, 2.24) is 0 Å². The van der Waals surface area contributed by atoms with Gasteiger partial charge in [0.25, 0.3) is 0 Å². The Morgan fingerprint density at radius 2 is 1.62 bits per heavy atom. The monoisotopic (exact) mass is 296 g/mol. The van der Waals surface area contributed by atoms with Gasteiger partial charge in [-0.05, 0) is 47.4 Å². The van der Waals surface area contributed by atoms with Crippen LogP contribution in [0.2, 0.25) is 0 Å². The Hall–Kier alpha value is -1.87. The summed E-state index contributed by atoms with van der Waals surface area (Å²) >= 11 is 1.65. The molecule has 0 aliphatic heterocycles. The number of hydrogen-bond donors (Lipinski definition) is 0. The van der Waals surface area contributed by atoms with E-state index >= 15 is 0 Å². The predicted octanol–water partition coefficient (Wildman–Crippen LogP) is 4.27. The Morgan fingerprint density at radius 3 is 2.29 bits per heavy atom. The number of ketones is 2. The predicted molar refractivity (Wildman–Crippen MR) is 84.1 cm³/mol. The van der Waals surface area contributed by atoms with Crippen LogP contribution < -0.4 is 0 Å². The van der Waals surface area contributed by atoms with Gasteiger partial charge in [-0.25, -0.2) is 0 Å². The van der Waals surface area contributed by atoms with Crippen molar-refractivity contribution in [3.05, 3.63) is 59.2 Å². The second-order valence-electron chi connectivity index (χ2n) is 5.57. The summed E-state index contributed by atoms with van der Waals surface area (Å²) in [5.74, 6) is -0.114. The Balaban J connectivity index is 1.81. The Kier molecular flexibility index (Phi) is 3.68. The van der Waals surface area contributed by atoms with Crippen molar-refractivity contribution < 1.29 is 9.59 Å². The Bertz CT molecular complexity index is 714. The molecule has 3 rings (SSSR count). The number of rotatable bonds is 3. The number of fused-ring (bicyclic) bond motifs is 1. The number of carbonyl (C=O) groups excluding carboxylic acids is 2. The van der Waals surface area contributed by atoms with Crippen LogP contribution in [0.3, 0.4) is 0 Å². The van der Waals surface area contributed by atoms with Gasteiger partial charge in [0.1, 0.15) is 0 Å². The molecule has 0 amide bonds. The summed E-state index contributed by atoms with van der Waals surface area (Å²) in [7, 11) is 0. The molecule has 1 aliphatic carbocycles. The van der Waals surface area contributed by atoms with Crippen LogP contribution in [-0.2, 0) is 11.2 Å². The lowest BCUT2D eigenvalue weighted by Gasteiger charge is -2.07. The number of benzene rings is 2. The fraction of sp³-hybridized carbons (Fsp3) is 0.222.